The Labute approximate surface area is 169 Å². The van der Waals surface area contributed by atoms with Crippen LogP contribution in [0.15, 0.2) is 42.5 Å². The van der Waals surface area contributed by atoms with Gasteiger partial charge in [0, 0.05) is 17.6 Å². The minimum absolute atomic E-state index is 0.0993. The van der Waals surface area contributed by atoms with Crippen molar-refractivity contribution in [3.8, 4) is 0 Å². The number of hydrogen-bond acceptors (Lipinski definition) is 4. The van der Waals surface area contributed by atoms with E-state index in [1.807, 2.05) is 32.0 Å². The Balaban J connectivity index is 1.94. The van der Waals surface area contributed by atoms with Crippen LogP contribution in [0.5, 0.6) is 0 Å². The second-order valence-corrected chi connectivity index (χ2v) is 6.92. The number of para-hydroxylation sites is 1. The van der Waals surface area contributed by atoms with Crippen LogP contribution in [0.1, 0.15) is 36.1 Å². The smallest absolute Gasteiger partial charge is 0.308 e. The van der Waals surface area contributed by atoms with E-state index in [2.05, 4.69) is 10.6 Å². The van der Waals surface area contributed by atoms with Gasteiger partial charge in [0.2, 0.25) is 5.91 Å². The van der Waals surface area contributed by atoms with Gasteiger partial charge in [-0.05, 0) is 42.7 Å². The average Bonchev–Trinajstić information content (AvgIpc) is 2.63. The zero-order valence-corrected chi connectivity index (χ0v) is 16.8. The summed E-state index contributed by atoms with van der Waals surface area (Å²) in [5, 5.41) is 6.01. The monoisotopic (exact) mass is 402 g/mol. The zero-order valence-electron chi connectivity index (χ0n) is 16.0. The first kappa shape index (κ1) is 21.4. The Kier molecular flexibility index (Phi) is 7.58. The van der Waals surface area contributed by atoms with Gasteiger partial charge in [-0.25, -0.2) is 0 Å². The van der Waals surface area contributed by atoms with E-state index in [9.17, 15) is 14.4 Å². The Morgan fingerprint density at radius 1 is 1.04 bits per heavy atom. The van der Waals surface area contributed by atoms with Crippen LogP contribution in [0, 0.1) is 13.8 Å². The topological polar surface area (TPSA) is 84.5 Å². The highest BCUT2D eigenvalue weighted by molar-refractivity contribution is 6.30. The number of anilines is 1. The number of carbonyl (C=O) groups excluding carboxylic acids is 3. The summed E-state index contributed by atoms with van der Waals surface area (Å²) in [4.78, 5) is 35.8. The second kappa shape index (κ2) is 9.90. The molecule has 148 valence electrons. The molecule has 2 amide bonds. The Morgan fingerprint density at radius 3 is 2.21 bits per heavy atom. The lowest BCUT2D eigenvalue weighted by atomic mass is 10.0. The Morgan fingerprint density at radius 2 is 1.64 bits per heavy atom. The van der Waals surface area contributed by atoms with E-state index >= 15 is 0 Å². The van der Waals surface area contributed by atoms with Crippen LogP contribution >= 0.6 is 11.6 Å². The van der Waals surface area contributed by atoms with Gasteiger partial charge in [-0.3, -0.25) is 14.4 Å². The van der Waals surface area contributed by atoms with Crippen LogP contribution in [-0.4, -0.2) is 24.4 Å². The molecule has 1 unspecified atom stereocenters. The molecule has 6 nitrogen and oxygen atoms in total. The van der Waals surface area contributed by atoms with Crippen LogP contribution < -0.4 is 10.6 Å². The fraction of sp³-hybridized carbons (Fsp3) is 0.286. The van der Waals surface area contributed by atoms with Gasteiger partial charge in [0.15, 0.2) is 6.61 Å². The number of aryl methyl sites for hydroxylation is 2. The summed E-state index contributed by atoms with van der Waals surface area (Å²) in [5.74, 6) is -1.29. The summed E-state index contributed by atoms with van der Waals surface area (Å²) in [5.41, 5.74) is 3.28. The molecule has 0 saturated heterocycles. The molecule has 0 saturated carbocycles. The van der Waals surface area contributed by atoms with E-state index < -0.39 is 24.5 Å². The molecule has 0 fully saturated rings. The summed E-state index contributed by atoms with van der Waals surface area (Å²) in [6.45, 7) is 4.74. The largest absolute Gasteiger partial charge is 0.455 e. The summed E-state index contributed by atoms with van der Waals surface area (Å²) in [7, 11) is 0. The number of hydrogen-bond donors (Lipinski definition) is 2. The molecule has 0 spiro atoms. The number of nitrogens with one attached hydrogen (secondary N) is 2. The van der Waals surface area contributed by atoms with Gasteiger partial charge in [0.1, 0.15) is 0 Å². The fourth-order valence-electron chi connectivity index (χ4n) is 2.75. The number of benzene rings is 2. The quantitative estimate of drug-likeness (QED) is 0.691. The van der Waals surface area contributed by atoms with Crippen molar-refractivity contribution >= 4 is 35.1 Å². The molecule has 0 aliphatic carbocycles. The van der Waals surface area contributed by atoms with Gasteiger partial charge in [0.05, 0.1) is 12.5 Å². The highest BCUT2D eigenvalue weighted by Gasteiger charge is 2.19. The molecule has 0 heterocycles. The predicted molar refractivity (Wildman–Crippen MR) is 108 cm³/mol. The van der Waals surface area contributed by atoms with E-state index in [1.54, 1.807) is 24.3 Å². The van der Waals surface area contributed by atoms with E-state index in [0.29, 0.717) is 10.7 Å². The number of esters is 1. The summed E-state index contributed by atoms with van der Waals surface area (Å²) in [6.07, 6.45) is -0.0993. The van der Waals surface area contributed by atoms with Crippen molar-refractivity contribution < 1.29 is 19.1 Å². The van der Waals surface area contributed by atoms with Crippen LogP contribution in [0.4, 0.5) is 5.69 Å². The SMILES string of the molecule is CC(=O)NC(CC(=O)OCC(=O)Nc1c(C)cccc1C)c1ccc(Cl)cc1. The number of halogens is 1. The molecule has 7 heteroatoms. The minimum atomic E-state index is -0.592. The van der Waals surface area contributed by atoms with Gasteiger partial charge < -0.3 is 15.4 Å². The maximum Gasteiger partial charge on any atom is 0.308 e. The van der Waals surface area contributed by atoms with Crippen molar-refractivity contribution in [1.82, 2.24) is 5.32 Å². The van der Waals surface area contributed by atoms with Gasteiger partial charge >= 0.3 is 5.97 Å². The third kappa shape index (κ3) is 6.39. The number of rotatable bonds is 7. The summed E-state index contributed by atoms with van der Waals surface area (Å²) < 4.78 is 5.08. The van der Waals surface area contributed by atoms with Crippen molar-refractivity contribution in [1.29, 1.82) is 0 Å². The van der Waals surface area contributed by atoms with Gasteiger partial charge in [-0.15, -0.1) is 0 Å². The van der Waals surface area contributed by atoms with Crippen molar-refractivity contribution in [3.05, 3.63) is 64.2 Å². The minimum Gasteiger partial charge on any atom is -0.455 e. The second-order valence-electron chi connectivity index (χ2n) is 6.48. The molecule has 0 aliphatic rings. The first-order chi connectivity index (χ1) is 13.3. The lowest BCUT2D eigenvalue weighted by Crippen LogP contribution is -2.29. The molecule has 28 heavy (non-hydrogen) atoms. The first-order valence-corrected chi connectivity index (χ1v) is 9.18. The molecule has 0 aliphatic heterocycles. The molecule has 0 aromatic heterocycles. The molecular weight excluding hydrogens is 380 g/mol. The third-order valence-corrected chi connectivity index (χ3v) is 4.38. The van der Waals surface area contributed by atoms with Crippen molar-refractivity contribution in [2.45, 2.75) is 33.2 Å². The Bertz CT molecular complexity index is 845. The molecule has 2 aromatic rings. The van der Waals surface area contributed by atoms with E-state index in [0.717, 1.165) is 16.7 Å². The lowest BCUT2D eigenvalue weighted by molar-refractivity contribution is -0.148. The summed E-state index contributed by atoms with van der Waals surface area (Å²) >= 11 is 5.88. The number of carbonyl (C=O) groups is 3. The first-order valence-electron chi connectivity index (χ1n) is 8.80. The standard InChI is InChI=1S/C21H23ClN2O4/c1-13-5-4-6-14(2)21(13)24-19(26)12-28-20(27)11-18(23-15(3)25)16-7-9-17(22)10-8-16/h4-10,18H,11-12H2,1-3H3,(H,23,25)(H,24,26). The normalized spacial score (nSPS) is 11.4. The average molecular weight is 403 g/mol. The van der Waals surface area contributed by atoms with Crippen LogP contribution in [0.3, 0.4) is 0 Å². The number of ether oxygens (including phenoxy) is 1. The molecule has 0 bridgehead atoms. The highest BCUT2D eigenvalue weighted by Crippen LogP contribution is 2.21. The van der Waals surface area contributed by atoms with Crippen LogP contribution in [0.2, 0.25) is 5.02 Å². The summed E-state index contributed by atoms with van der Waals surface area (Å²) in [6, 6.07) is 11.9. The zero-order chi connectivity index (χ0) is 20.7. The molecule has 2 rings (SSSR count). The van der Waals surface area contributed by atoms with Gasteiger partial charge in [-0.1, -0.05) is 41.9 Å². The van der Waals surface area contributed by atoms with Crippen LogP contribution in [0.25, 0.3) is 0 Å². The van der Waals surface area contributed by atoms with Gasteiger partial charge in [-0.2, -0.15) is 0 Å². The fourth-order valence-corrected chi connectivity index (χ4v) is 2.88. The lowest BCUT2D eigenvalue weighted by Gasteiger charge is -2.18. The van der Waals surface area contributed by atoms with Crippen molar-refractivity contribution in [2.24, 2.45) is 0 Å². The Hall–Kier alpha value is -2.86. The van der Waals surface area contributed by atoms with Crippen molar-refractivity contribution in [2.75, 3.05) is 11.9 Å². The molecule has 2 N–H and O–H groups in total. The molecule has 2 aromatic carbocycles. The molecular formula is C21H23ClN2O4. The van der Waals surface area contributed by atoms with E-state index in [1.165, 1.54) is 6.92 Å². The molecule has 1 atom stereocenters. The van der Waals surface area contributed by atoms with E-state index in [4.69, 9.17) is 16.3 Å². The predicted octanol–water partition coefficient (Wildman–Crippen LogP) is 3.71. The molecule has 0 radical (unpaired) electrons. The maximum absolute atomic E-state index is 12.2. The van der Waals surface area contributed by atoms with E-state index in [-0.39, 0.29) is 12.3 Å². The maximum atomic E-state index is 12.2. The van der Waals surface area contributed by atoms with Gasteiger partial charge in [0.25, 0.3) is 5.91 Å². The number of amides is 2. The third-order valence-electron chi connectivity index (χ3n) is 4.13. The van der Waals surface area contributed by atoms with Crippen LogP contribution in [-0.2, 0) is 19.1 Å². The van der Waals surface area contributed by atoms with Crippen molar-refractivity contribution in [3.63, 3.8) is 0 Å². The highest BCUT2D eigenvalue weighted by atomic mass is 35.5.